The van der Waals surface area contributed by atoms with E-state index in [1.165, 1.54) is 5.56 Å². The van der Waals surface area contributed by atoms with E-state index in [4.69, 9.17) is 5.73 Å². The van der Waals surface area contributed by atoms with Crippen molar-refractivity contribution < 1.29 is 0 Å². The number of hydrogen-bond donors (Lipinski definition) is 1. The highest BCUT2D eigenvalue weighted by molar-refractivity contribution is 5.33. The first-order valence-corrected chi connectivity index (χ1v) is 5.20. The molecule has 1 heterocycles. The standard InChI is InChI=1S/C12H13N3/c13-12-6-11(12)9-7-14-15(8-9)10-4-2-1-3-5-10/h1-5,7-8,11-12H,6,13H2/t11-,12+/m1/s1. The SMILES string of the molecule is N[C@H]1C[C@@H]1c1cnn(-c2ccccc2)c1. The van der Waals surface area contributed by atoms with E-state index in [9.17, 15) is 0 Å². The number of para-hydroxylation sites is 1. The number of benzene rings is 1. The molecule has 3 nitrogen and oxygen atoms in total. The second-order valence-corrected chi connectivity index (χ2v) is 4.06. The highest BCUT2D eigenvalue weighted by Gasteiger charge is 2.35. The quantitative estimate of drug-likeness (QED) is 0.799. The Bertz CT molecular complexity index is 461. The Hall–Kier alpha value is -1.61. The number of nitrogens with zero attached hydrogens (tertiary/aromatic N) is 2. The van der Waals surface area contributed by atoms with Crippen LogP contribution >= 0.6 is 0 Å². The van der Waals surface area contributed by atoms with Crippen LogP contribution in [-0.4, -0.2) is 15.8 Å². The average molecular weight is 199 g/mol. The maximum atomic E-state index is 5.81. The second kappa shape index (κ2) is 3.21. The Morgan fingerprint density at radius 3 is 2.67 bits per heavy atom. The monoisotopic (exact) mass is 199 g/mol. The molecule has 0 saturated heterocycles. The fourth-order valence-corrected chi connectivity index (χ4v) is 1.85. The van der Waals surface area contributed by atoms with Crippen LogP contribution in [0.4, 0.5) is 0 Å². The van der Waals surface area contributed by atoms with Crippen molar-refractivity contribution in [3.63, 3.8) is 0 Å². The van der Waals surface area contributed by atoms with Crippen LogP contribution in [0.3, 0.4) is 0 Å². The molecule has 2 N–H and O–H groups in total. The third kappa shape index (κ3) is 1.55. The molecule has 1 aromatic carbocycles. The molecular formula is C12H13N3. The van der Waals surface area contributed by atoms with Gasteiger partial charge in [-0.2, -0.15) is 5.10 Å². The lowest BCUT2D eigenvalue weighted by Crippen LogP contribution is -2.00. The van der Waals surface area contributed by atoms with E-state index in [-0.39, 0.29) is 0 Å². The number of nitrogens with two attached hydrogens (primary N) is 1. The van der Waals surface area contributed by atoms with Gasteiger partial charge in [0.05, 0.1) is 11.9 Å². The van der Waals surface area contributed by atoms with Crippen LogP contribution in [-0.2, 0) is 0 Å². The highest BCUT2D eigenvalue weighted by atomic mass is 15.3. The zero-order chi connectivity index (χ0) is 10.3. The lowest BCUT2D eigenvalue weighted by molar-refractivity contribution is 0.879. The minimum Gasteiger partial charge on any atom is -0.327 e. The molecule has 0 spiro atoms. The van der Waals surface area contributed by atoms with Crippen LogP contribution in [0.15, 0.2) is 42.7 Å². The highest BCUT2D eigenvalue weighted by Crippen LogP contribution is 2.38. The molecule has 0 aliphatic heterocycles. The largest absolute Gasteiger partial charge is 0.327 e. The van der Waals surface area contributed by atoms with Gasteiger partial charge in [-0.15, -0.1) is 0 Å². The van der Waals surface area contributed by atoms with Gasteiger partial charge in [-0.25, -0.2) is 4.68 Å². The molecule has 1 fully saturated rings. The molecule has 0 amide bonds. The molecule has 1 aromatic heterocycles. The Balaban J connectivity index is 1.91. The van der Waals surface area contributed by atoms with E-state index >= 15 is 0 Å². The molecular weight excluding hydrogens is 186 g/mol. The predicted molar refractivity (Wildman–Crippen MR) is 58.9 cm³/mol. The summed E-state index contributed by atoms with van der Waals surface area (Å²) in [4.78, 5) is 0. The molecule has 3 rings (SSSR count). The molecule has 0 bridgehead atoms. The number of aromatic nitrogens is 2. The van der Waals surface area contributed by atoms with E-state index in [1.807, 2.05) is 41.2 Å². The van der Waals surface area contributed by atoms with Gasteiger partial charge in [0.25, 0.3) is 0 Å². The third-order valence-electron chi connectivity index (χ3n) is 2.89. The van der Waals surface area contributed by atoms with Gasteiger partial charge in [-0.1, -0.05) is 18.2 Å². The van der Waals surface area contributed by atoms with Crippen molar-refractivity contribution in [2.24, 2.45) is 5.73 Å². The first-order chi connectivity index (χ1) is 7.34. The van der Waals surface area contributed by atoms with E-state index in [2.05, 4.69) is 11.3 Å². The van der Waals surface area contributed by atoms with Crippen molar-refractivity contribution in [3.8, 4) is 5.69 Å². The van der Waals surface area contributed by atoms with Crippen LogP contribution in [0.1, 0.15) is 17.9 Å². The zero-order valence-electron chi connectivity index (χ0n) is 8.38. The van der Waals surface area contributed by atoms with Gasteiger partial charge in [-0.3, -0.25) is 0 Å². The van der Waals surface area contributed by atoms with E-state index in [0.29, 0.717) is 12.0 Å². The van der Waals surface area contributed by atoms with Gasteiger partial charge in [0.1, 0.15) is 0 Å². The Labute approximate surface area is 88.5 Å². The first kappa shape index (κ1) is 8.68. The summed E-state index contributed by atoms with van der Waals surface area (Å²) in [6.07, 6.45) is 5.10. The maximum Gasteiger partial charge on any atom is 0.0645 e. The lowest BCUT2D eigenvalue weighted by Gasteiger charge is -1.98. The van der Waals surface area contributed by atoms with Crippen molar-refractivity contribution in [1.29, 1.82) is 0 Å². The molecule has 2 atom stereocenters. The minimum absolute atomic E-state index is 0.346. The average Bonchev–Trinajstić information content (AvgIpc) is 2.83. The molecule has 2 aromatic rings. The molecule has 76 valence electrons. The molecule has 1 aliphatic rings. The van der Waals surface area contributed by atoms with Crippen molar-refractivity contribution in [3.05, 3.63) is 48.3 Å². The zero-order valence-corrected chi connectivity index (χ0v) is 8.38. The Kier molecular flexibility index (Phi) is 1.86. The normalized spacial score (nSPS) is 24.1. The van der Waals surface area contributed by atoms with Crippen LogP contribution in [0, 0.1) is 0 Å². The fraction of sp³-hybridized carbons (Fsp3) is 0.250. The Morgan fingerprint density at radius 2 is 2.00 bits per heavy atom. The summed E-state index contributed by atoms with van der Waals surface area (Å²) in [5.41, 5.74) is 8.16. The first-order valence-electron chi connectivity index (χ1n) is 5.20. The topological polar surface area (TPSA) is 43.8 Å². The van der Waals surface area contributed by atoms with Gasteiger partial charge in [0.2, 0.25) is 0 Å². The maximum absolute atomic E-state index is 5.81. The smallest absolute Gasteiger partial charge is 0.0645 e. The van der Waals surface area contributed by atoms with Crippen molar-refractivity contribution in [1.82, 2.24) is 9.78 Å². The van der Waals surface area contributed by atoms with Gasteiger partial charge < -0.3 is 5.73 Å². The molecule has 1 saturated carbocycles. The summed E-state index contributed by atoms with van der Waals surface area (Å²) < 4.78 is 1.90. The lowest BCUT2D eigenvalue weighted by atomic mass is 10.2. The summed E-state index contributed by atoms with van der Waals surface area (Å²) in [5, 5.41) is 4.34. The molecule has 1 aliphatic carbocycles. The van der Waals surface area contributed by atoms with Gasteiger partial charge in [-0.05, 0) is 24.1 Å². The van der Waals surface area contributed by atoms with Crippen molar-refractivity contribution in [2.75, 3.05) is 0 Å². The second-order valence-electron chi connectivity index (χ2n) is 4.06. The van der Waals surface area contributed by atoms with Gasteiger partial charge >= 0.3 is 0 Å². The minimum atomic E-state index is 0.346. The predicted octanol–water partition coefficient (Wildman–Crippen LogP) is 1.69. The van der Waals surface area contributed by atoms with Crippen molar-refractivity contribution >= 4 is 0 Å². The fourth-order valence-electron chi connectivity index (χ4n) is 1.85. The summed E-state index contributed by atoms with van der Waals surface area (Å²) in [6, 6.07) is 10.5. The molecule has 15 heavy (non-hydrogen) atoms. The van der Waals surface area contributed by atoms with Crippen LogP contribution in [0.2, 0.25) is 0 Å². The molecule has 3 heteroatoms. The van der Waals surface area contributed by atoms with Gasteiger partial charge in [0.15, 0.2) is 0 Å². The van der Waals surface area contributed by atoms with Crippen LogP contribution < -0.4 is 5.73 Å². The third-order valence-corrected chi connectivity index (χ3v) is 2.89. The Morgan fingerprint density at radius 1 is 1.27 bits per heavy atom. The summed E-state index contributed by atoms with van der Waals surface area (Å²) in [6.45, 7) is 0. The van der Waals surface area contributed by atoms with Crippen LogP contribution in [0.25, 0.3) is 5.69 Å². The van der Waals surface area contributed by atoms with Crippen LogP contribution in [0.5, 0.6) is 0 Å². The summed E-state index contributed by atoms with van der Waals surface area (Å²) in [5.74, 6) is 0.530. The van der Waals surface area contributed by atoms with E-state index in [0.717, 1.165) is 12.1 Å². The summed E-state index contributed by atoms with van der Waals surface area (Å²) >= 11 is 0. The van der Waals surface area contributed by atoms with E-state index in [1.54, 1.807) is 0 Å². The van der Waals surface area contributed by atoms with E-state index < -0.39 is 0 Å². The summed E-state index contributed by atoms with van der Waals surface area (Å²) in [7, 11) is 0. The molecule has 0 unspecified atom stereocenters. The number of hydrogen-bond acceptors (Lipinski definition) is 2. The van der Waals surface area contributed by atoms with Crippen molar-refractivity contribution in [2.45, 2.75) is 18.4 Å². The molecule has 0 radical (unpaired) electrons. The number of rotatable bonds is 2. The van der Waals surface area contributed by atoms with Gasteiger partial charge in [0, 0.05) is 18.2 Å².